The Morgan fingerprint density at radius 1 is 0.395 bits per heavy atom. The van der Waals surface area contributed by atoms with Crippen LogP contribution in [0.15, 0.2) is 158 Å². The largest absolute Gasteiger partial charge is 0.309 e. The molecule has 9 rings (SSSR count). The molecule has 0 atom stereocenters. The molecule has 2 aromatic heterocycles. The Morgan fingerprint density at radius 3 is 1.91 bits per heavy atom. The standard InChI is InChI=1S/C41H26N2/c1-2-11-31(12-3-1)43-38-17-9-7-14-33(38)36-26-30(23-25-39(36)43)27-18-20-29(21-19-27)41-35-24-22-28-10-4-5-13-32(28)40(35)34-15-6-8-16-37(34)42-41/h1-26H. The van der Waals surface area contributed by atoms with Gasteiger partial charge >= 0.3 is 0 Å². The molecule has 0 aliphatic carbocycles. The highest BCUT2D eigenvalue weighted by Gasteiger charge is 2.15. The van der Waals surface area contributed by atoms with Crippen molar-refractivity contribution in [1.82, 2.24) is 9.55 Å². The van der Waals surface area contributed by atoms with Gasteiger partial charge in [0.2, 0.25) is 0 Å². The van der Waals surface area contributed by atoms with E-state index in [1.807, 2.05) is 0 Å². The lowest BCUT2D eigenvalue weighted by Gasteiger charge is -2.13. The molecule has 7 aromatic carbocycles. The van der Waals surface area contributed by atoms with Crippen LogP contribution in [0.3, 0.4) is 0 Å². The molecule has 9 aromatic rings. The van der Waals surface area contributed by atoms with Crippen LogP contribution in [0.1, 0.15) is 0 Å². The molecule has 0 aliphatic heterocycles. The lowest BCUT2D eigenvalue weighted by Crippen LogP contribution is -1.92. The summed E-state index contributed by atoms with van der Waals surface area (Å²) in [6, 6.07) is 56.6. The van der Waals surface area contributed by atoms with Gasteiger partial charge < -0.3 is 4.57 Å². The molecule has 0 bridgehead atoms. The number of aromatic nitrogens is 2. The molecular formula is C41H26N2. The fraction of sp³-hybridized carbons (Fsp3) is 0. The van der Waals surface area contributed by atoms with E-state index in [1.165, 1.54) is 65.6 Å². The van der Waals surface area contributed by atoms with Crippen molar-refractivity contribution in [2.75, 3.05) is 0 Å². The van der Waals surface area contributed by atoms with Crippen molar-refractivity contribution in [3.05, 3.63) is 158 Å². The van der Waals surface area contributed by atoms with E-state index in [9.17, 15) is 0 Å². The molecular weight excluding hydrogens is 520 g/mol. The van der Waals surface area contributed by atoms with Crippen LogP contribution in [0.4, 0.5) is 0 Å². The van der Waals surface area contributed by atoms with Gasteiger partial charge in [0.05, 0.1) is 22.2 Å². The number of nitrogens with zero attached hydrogens (tertiary/aromatic N) is 2. The van der Waals surface area contributed by atoms with Gasteiger partial charge in [-0.2, -0.15) is 0 Å². The molecule has 200 valence electrons. The minimum atomic E-state index is 1.02. The molecule has 2 heteroatoms. The van der Waals surface area contributed by atoms with Crippen molar-refractivity contribution < 1.29 is 0 Å². The van der Waals surface area contributed by atoms with Crippen LogP contribution in [-0.4, -0.2) is 9.55 Å². The molecule has 0 spiro atoms. The van der Waals surface area contributed by atoms with Gasteiger partial charge in [0, 0.05) is 38.2 Å². The second-order valence-corrected chi connectivity index (χ2v) is 11.2. The van der Waals surface area contributed by atoms with E-state index in [0.717, 1.165) is 16.8 Å². The molecule has 0 saturated heterocycles. The zero-order valence-corrected chi connectivity index (χ0v) is 23.4. The topological polar surface area (TPSA) is 17.8 Å². The van der Waals surface area contributed by atoms with Gasteiger partial charge in [0.1, 0.15) is 0 Å². The molecule has 0 aliphatic rings. The van der Waals surface area contributed by atoms with Crippen LogP contribution in [0.2, 0.25) is 0 Å². The van der Waals surface area contributed by atoms with Crippen molar-refractivity contribution >= 4 is 54.3 Å². The first kappa shape index (κ1) is 23.9. The van der Waals surface area contributed by atoms with E-state index >= 15 is 0 Å². The molecule has 0 radical (unpaired) electrons. The number of benzene rings is 7. The predicted octanol–water partition coefficient (Wildman–Crippen LogP) is 11.0. The number of pyridine rings is 1. The molecule has 2 heterocycles. The highest BCUT2D eigenvalue weighted by Crippen LogP contribution is 2.38. The molecule has 0 amide bonds. The van der Waals surface area contributed by atoms with E-state index < -0.39 is 0 Å². The Hall–Kier alpha value is -5.73. The fourth-order valence-electron chi connectivity index (χ4n) is 6.77. The van der Waals surface area contributed by atoms with Crippen LogP contribution in [0.5, 0.6) is 0 Å². The first-order valence-corrected chi connectivity index (χ1v) is 14.7. The third-order valence-electron chi connectivity index (χ3n) is 8.77. The fourth-order valence-corrected chi connectivity index (χ4v) is 6.77. The zero-order valence-electron chi connectivity index (χ0n) is 23.4. The summed E-state index contributed by atoms with van der Waals surface area (Å²) in [5, 5.41) is 8.67. The van der Waals surface area contributed by atoms with E-state index in [0.29, 0.717) is 0 Å². The minimum absolute atomic E-state index is 1.02. The van der Waals surface area contributed by atoms with Gasteiger partial charge in [-0.25, -0.2) is 4.98 Å². The third kappa shape index (κ3) is 3.70. The lowest BCUT2D eigenvalue weighted by atomic mass is 9.94. The van der Waals surface area contributed by atoms with Crippen molar-refractivity contribution in [3.8, 4) is 28.1 Å². The average molecular weight is 547 g/mol. The Morgan fingerprint density at radius 2 is 1.05 bits per heavy atom. The summed E-state index contributed by atoms with van der Waals surface area (Å²) >= 11 is 0. The van der Waals surface area contributed by atoms with Crippen LogP contribution in [0.25, 0.3) is 82.3 Å². The highest BCUT2D eigenvalue weighted by molar-refractivity contribution is 6.22. The van der Waals surface area contributed by atoms with Gasteiger partial charge in [0.25, 0.3) is 0 Å². The Bertz CT molecular complexity index is 2470. The number of rotatable bonds is 3. The predicted molar refractivity (Wildman–Crippen MR) is 182 cm³/mol. The monoisotopic (exact) mass is 546 g/mol. The van der Waals surface area contributed by atoms with Crippen LogP contribution in [0, 0.1) is 0 Å². The Balaban J connectivity index is 1.20. The summed E-state index contributed by atoms with van der Waals surface area (Å²) in [6.45, 7) is 0. The van der Waals surface area contributed by atoms with Gasteiger partial charge in [-0.05, 0) is 58.3 Å². The number of hydrogen-bond donors (Lipinski definition) is 0. The summed E-state index contributed by atoms with van der Waals surface area (Å²) in [6.07, 6.45) is 0. The maximum absolute atomic E-state index is 5.19. The van der Waals surface area contributed by atoms with Gasteiger partial charge in [-0.1, -0.05) is 121 Å². The van der Waals surface area contributed by atoms with Crippen molar-refractivity contribution in [2.24, 2.45) is 0 Å². The molecule has 43 heavy (non-hydrogen) atoms. The molecule has 0 fully saturated rings. The van der Waals surface area contributed by atoms with E-state index in [2.05, 4.69) is 162 Å². The van der Waals surface area contributed by atoms with Gasteiger partial charge in [0.15, 0.2) is 0 Å². The summed E-state index contributed by atoms with van der Waals surface area (Å²) in [7, 11) is 0. The quantitative estimate of drug-likeness (QED) is 0.202. The normalized spacial score (nSPS) is 11.7. The third-order valence-corrected chi connectivity index (χ3v) is 8.77. The van der Waals surface area contributed by atoms with E-state index in [4.69, 9.17) is 4.98 Å². The summed E-state index contributed by atoms with van der Waals surface area (Å²) in [5.74, 6) is 0. The van der Waals surface area contributed by atoms with Crippen LogP contribution >= 0.6 is 0 Å². The maximum atomic E-state index is 5.19. The van der Waals surface area contributed by atoms with Crippen LogP contribution in [-0.2, 0) is 0 Å². The minimum Gasteiger partial charge on any atom is -0.309 e. The second kappa shape index (κ2) is 9.40. The summed E-state index contributed by atoms with van der Waals surface area (Å²) in [4.78, 5) is 5.19. The number of fused-ring (bicyclic) bond motifs is 8. The SMILES string of the molecule is c1ccc(-n2c3ccccc3c3cc(-c4ccc(-c5nc6ccccc6c6c5ccc5ccccc56)cc4)ccc32)cc1. The van der Waals surface area contributed by atoms with E-state index in [-0.39, 0.29) is 0 Å². The first-order valence-electron chi connectivity index (χ1n) is 14.7. The average Bonchev–Trinajstić information content (AvgIpc) is 3.42. The highest BCUT2D eigenvalue weighted by atomic mass is 15.0. The summed E-state index contributed by atoms with van der Waals surface area (Å²) in [5.41, 5.74) is 9.17. The molecule has 0 saturated carbocycles. The smallest absolute Gasteiger partial charge is 0.0788 e. The summed E-state index contributed by atoms with van der Waals surface area (Å²) < 4.78 is 2.36. The molecule has 0 unspecified atom stereocenters. The zero-order chi connectivity index (χ0) is 28.3. The number of hydrogen-bond acceptors (Lipinski definition) is 1. The van der Waals surface area contributed by atoms with Crippen molar-refractivity contribution in [1.29, 1.82) is 0 Å². The van der Waals surface area contributed by atoms with Crippen molar-refractivity contribution in [2.45, 2.75) is 0 Å². The van der Waals surface area contributed by atoms with E-state index in [1.54, 1.807) is 0 Å². The Labute approximate surface area is 249 Å². The second-order valence-electron chi connectivity index (χ2n) is 11.2. The van der Waals surface area contributed by atoms with Gasteiger partial charge in [-0.15, -0.1) is 0 Å². The lowest BCUT2D eigenvalue weighted by molar-refractivity contribution is 1.18. The molecule has 0 N–H and O–H groups in total. The van der Waals surface area contributed by atoms with Gasteiger partial charge in [-0.3, -0.25) is 0 Å². The van der Waals surface area contributed by atoms with Crippen LogP contribution < -0.4 is 0 Å². The first-order chi connectivity index (χ1) is 21.3. The number of para-hydroxylation sites is 3. The molecule has 2 nitrogen and oxygen atoms in total. The van der Waals surface area contributed by atoms with Crippen molar-refractivity contribution in [3.63, 3.8) is 0 Å². The maximum Gasteiger partial charge on any atom is 0.0788 e. The Kier molecular flexibility index (Phi) is 5.23.